The van der Waals surface area contributed by atoms with Crippen LogP contribution >= 0.6 is 0 Å². The molecule has 3 rings (SSSR count). The monoisotopic (exact) mass is 356 g/mol. The number of benzene rings is 1. The van der Waals surface area contributed by atoms with Gasteiger partial charge < -0.3 is 19.3 Å². The highest BCUT2D eigenvalue weighted by Crippen LogP contribution is 2.22. The van der Waals surface area contributed by atoms with Gasteiger partial charge in [0.2, 0.25) is 5.91 Å². The van der Waals surface area contributed by atoms with Gasteiger partial charge in [-0.25, -0.2) is 4.79 Å². The molecule has 0 aliphatic carbocycles. The second-order valence-electron chi connectivity index (χ2n) is 6.33. The lowest BCUT2D eigenvalue weighted by atomic mass is 10.1. The number of amides is 2. The van der Waals surface area contributed by atoms with Crippen LogP contribution in [0.25, 0.3) is 0 Å². The summed E-state index contributed by atoms with van der Waals surface area (Å²) in [5.41, 5.74) is 1.03. The normalized spacial score (nSPS) is 16.5. The highest BCUT2D eigenvalue weighted by Gasteiger charge is 2.36. The van der Waals surface area contributed by atoms with Crippen molar-refractivity contribution in [3.05, 3.63) is 59.5 Å². The standard InChI is InChI=1S/C19H20N2O5/c1-20(12-13-6-8-14(9-7-13)19(24)25)17(22)15-4-2-10-21(15)18(23)16-5-3-11-26-16/h3,5-9,11,15H,2,4,10,12H2,1H3,(H,24,25). The smallest absolute Gasteiger partial charge is 0.335 e. The minimum Gasteiger partial charge on any atom is -0.478 e. The number of rotatable bonds is 5. The van der Waals surface area contributed by atoms with Crippen LogP contribution in [0, 0.1) is 0 Å². The number of carboxylic acids is 1. The first-order chi connectivity index (χ1) is 12.5. The SMILES string of the molecule is CN(Cc1ccc(C(=O)O)cc1)C(=O)C1CCCN1C(=O)c1ccco1. The van der Waals surface area contributed by atoms with Gasteiger partial charge in [0, 0.05) is 20.1 Å². The predicted octanol–water partition coefficient (Wildman–Crippen LogP) is 2.24. The van der Waals surface area contributed by atoms with E-state index >= 15 is 0 Å². The van der Waals surface area contributed by atoms with Crippen molar-refractivity contribution in [3.63, 3.8) is 0 Å². The van der Waals surface area contributed by atoms with E-state index in [1.807, 2.05) is 0 Å². The molecule has 2 heterocycles. The van der Waals surface area contributed by atoms with E-state index < -0.39 is 12.0 Å². The van der Waals surface area contributed by atoms with Gasteiger partial charge in [-0.1, -0.05) is 12.1 Å². The Hall–Kier alpha value is -3.09. The summed E-state index contributed by atoms with van der Waals surface area (Å²) in [6.07, 6.45) is 2.82. The van der Waals surface area contributed by atoms with E-state index in [4.69, 9.17) is 9.52 Å². The summed E-state index contributed by atoms with van der Waals surface area (Å²) in [7, 11) is 1.68. The zero-order valence-electron chi connectivity index (χ0n) is 14.4. The lowest BCUT2D eigenvalue weighted by Crippen LogP contribution is -2.46. The largest absolute Gasteiger partial charge is 0.478 e. The Morgan fingerprint density at radius 2 is 1.96 bits per heavy atom. The highest BCUT2D eigenvalue weighted by atomic mass is 16.4. The van der Waals surface area contributed by atoms with E-state index in [1.165, 1.54) is 18.4 Å². The molecule has 0 spiro atoms. The first-order valence-corrected chi connectivity index (χ1v) is 8.39. The first-order valence-electron chi connectivity index (χ1n) is 8.39. The molecule has 1 saturated heterocycles. The fraction of sp³-hybridized carbons (Fsp3) is 0.316. The molecule has 1 unspecified atom stereocenters. The number of carbonyl (C=O) groups excluding carboxylic acids is 2. The van der Waals surface area contributed by atoms with Crippen molar-refractivity contribution in [2.45, 2.75) is 25.4 Å². The Balaban J connectivity index is 1.67. The summed E-state index contributed by atoms with van der Waals surface area (Å²) in [5, 5.41) is 8.94. The molecule has 1 aliphatic heterocycles. The molecule has 7 heteroatoms. The molecule has 136 valence electrons. The molecule has 0 radical (unpaired) electrons. The van der Waals surface area contributed by atoms with E-state index in [0.29, 0.717) is 19.5 Å². The lowest BCUT2D eigenvalue weighted by Gasteiger charge is -2.27. The Labute approximate surface area is 150 Å². The van der Waals surface area contributed by atoms with Gasteiger partial charge in [0.25, 0.3) is 5.91 Å². The molecule has 7 nitrogen and oxygen atoms in total. The summed E-state index contributed by atoms with van der Waals surface area (Å²) < 4.78 is 5.16. The third kappa shape index (κ3) is 3.61. The van der Waals surface area contributed by atoms with Crippen LogP contribution in [-0.4, -0.2) is 52.3 Å². The maximum Gasteiger partial charge on any atom is 0.335 e. The predicted molar refractivity (Wildman–Crippen MR) is 92.6 cm³/mol. The van der Waals surface area contributed by atoms with Crippen LogP contribution in [0.3, 0.4) is 0 Å². The molecule has 26 heavy (non-hydrogen) atoms. The Bertz CT molecular complexity index is 798. The van der Waals surface area contributed by atoms with Crippen LogP contribution in [0.5, 0.6) is 0 Å². The van der Waals surface area contributed by atoms with Crippen LogP contribution < -0.4 is 0 Å². The number of furan rings is 1. The van der Waals surface area contributed by atoms with E-state index in [1.54, 1.807) is 41.1 Å². The van der Waals surface area contributed by atoms with Crippen molar-refractivity contribution >= 4 is 17.8 Å². The zero-order chi connectivity index (χ0) is 18.7. The van der Waals surface area contributed by atoms with E-state index in [2.05, 4.69) is 0 Å². The minimum absolute atomic E-state index is 0.135. The van der Waals surface area contributed by atoms with Crippen LogP contribution in [0.15, 0.2) is 47.1 Å². The quantitative estimate of drug-likeness (QED) is 0.887. The number of likely N-dealkylation sites (tertiary alicyclic amines) is 1. The third-order valence-corrected chi connectivity index (χ3v) is 4.53. The highest BCUT2D eigenvalue weighted by molar-refractivity contribution is 5.96. The van der Waals surface area contributed by atoms with Gasteiger partial charge in [-0.3, -0.25) is 9.59 Å². The van der Waals surface area contributed by atoms with Crippen LogP contribution in [0.1, 0.15) is 39.3 Å². The average molecular weight is 356 g/mol. The first kappa shape index (κ1) is 17.7. The maximum atomic E-state index is 12.8. The summed E-state index contributed by atoms with van der Waals surface area (Å²) >= 11 is 0. The Kier molecular flexibility index (Phi) is 5.06. The van der Waals surface area contributed by atoms with Crippen molar-refractivity contribution in [2.24, 2.45) is 0 Å². The second-order valence-corrected chi connectivity index (χ2v) is 6.33. The molecule has 1 N–H and O–H groups in total. The van der Waals surface area contributed by atoms with Gasteiger partial charge >= 0.3 is 5.97 Å². The number of nitrogens with zero attached hydrogens (tertiary/aromatic N) is 2. The fourth-order valence-corrected chi connectivity index (χ4v) is 3.17. The van der Waals surface area contributed by atoms with Gasteiger partial charge in [0.05, 0.1) is 11.8 Å². The van der Waals surface area contributed by atoms with E-state index in [0.717, 1.165) is 12.0 Å². The number of carboxylic acid groups (broad SMARTS) is 1. The average Bonchev–Trinajstić information content (AvgIpc) is 3.32. The molecule has 2 amide bonds. The van der Waals surface area contributed by atoms with Crippen molar-refractivity contribution in [1.82, 2.24) is 9.80 Å². The topological polar surface area (TPSA) is 91.1 Å². The molecule has 1 atom stereocenters. The molecule has 1 aliphatic rings. The summed E-state index contributed by atoms with van der Waals surface area (Å²) in [6, 6.07) is 9.14. The van der Waals surface area contributed by atoms with E-state index in [-0.39, 0.29) is 23.1 Å². The third-order valence-electron chi connectivity index (χ3n) is 4.53. The minimum atomic E-state index is -0.987. The van der Waals surface area contributed by atoms with Gasteiger partial charge in [-0.15, -0.1) is 0 Å². The summed E-state index contributed by atoms with van der Waals surface area (Å²) in [6.45, 7) is 0.870. The molecule has 1 aromatic heterocycles. The van der Waals surface area contributed by atoms with Crippen LogP contribution in [0.2, 0.25) is 0 Å². The van der Waals surface area contributed by atoms with Gasteiger partial charge in [-0.2, -0.15) is 0 Å². The molecule has 1 fully saturated rings. The number of carbonyl (C=O) groups is 3. The van der Waals surface area contributed by atoms with Gasteiger partial charge in [0.15, 0.2) is 5.76 Å². The van der Waals surface area contributed by atoms with Crippen molar-refractivity contribution in [2.75, 3.05) is 13.6 Å². The number of hydrogen-bond donors (Lipinski definition) is 1. The summed E-state index contributed by atoms with van der Waals surface area (Å²) in [5.74, 6) is -1.16. The van der Waals surface area contributed by atoms with Crippen LogP contribution in [-0.2, 0) is 11.3 Å². The molecule has 2 aromatic rings. The van der Waals surface area contributed by atoms with Gasteiger partial charge in [0.1, 0.15) is 6.04 Å². The van der Waals surface area contributed by atoms with Crippen LogP contribution in [0.4, 0.5) is 0 Å². The Morgan fingerprint density at radius 3 is 2.58 bits per heavy atom. The zero-order valence-corrected chi connectivity index (χ0v) is 14.4. The lowest BCUT2D eigenvalue weighted by molar-refractivity contribution is -0.134. The molecular weight excluding hydrogens is 336 g/mol. The second kappa shape index (κ2) is 7.43. The molecule has 1 aromatic carbocycles. The Morgan fingerprint density at radius 1 is 1.23 bits per heavy atom. The number of hydrogen-bond acceptors (Lipinski definition) is 4. The van der Waals surface area contributed by atoms with Crippen molar-refractivity contribution in [3.8, 4) is 0 Å². The molecule has 0 bridgehead atoms. The van der Waals surface area contributed by atoms with Gasteiger partial charge in [-0.05, 0) is 42.7 Å². The molecule has 0 saturated carbocycles. The van der Waals surface area contributed by atoms with Crippen molar-refractivity contribution in [1.29, 1.82) is 0 Å². The number of aromatic carboxylic acids is 1. The summed E-state index contributed by atoms with van der Waals surface area (Å²) in [4.78, 5) is 39.4. The number of likely N-dealkylation sites (N-methyl/N-ethyl adjacent to an activating group) is 1. The fourth-order valence-electron chi connectivity index (χ4n) is 3.17. The van der Waals surface area contributed by atoms with E-state index in [9.17, 15) is 14.4 Å². The van der Waals surface area contributed by atoms with Crippen molar-refractivity contribution < 1.29 is 23.9 Å². The molecular formula is C19H20N2O5. The maximum absolute atomic E-state index is 12.8.